The Hall–Kier alpha value is -7.80. The number of phosphoric acid groups is 5. The number of phosphoric ester groups is 3. The summed E-state index contributed by atoms with van der Waals surface area (Å²) in [6.07, 6.45) is -12.8. The molecule has 21 atom stereocenters. The highest BCUT2D eigenvalue weighted by Crippen LogP contribution is 2.63. The van der Waals surface area contributed by atoms with Crippen molar-refractivity contribution in [3.8, 4) is 0 Å². The number of aliphatic hydroxyl groups is 4. The summed E-state index contributed by atoms with van der Waals surface area (Å²) in [5, 5.41) is 45.6. The Morgan fingerprint density at radius 3 is 1.39 bits per heavy atom. The van der Waals surface area contributed by atoms with Crippen LogP contribution in [0.3, 0.4) is 0 Å². The largest absolute Gasteiger partial charge is 0.790 e. The lowest BCUT2D eigenvalue weighted by Crippen LogP contribution is -3.11. The number of aromatic amines is 5. The molecule has 0 bridgehead atoms. The second-order valence-corrected chi connectivity index (χ2v) is 36.0. The summed E-state index contributed by atoms with van der Waals surface area (Å²) in [6.45, 7) is 17.3. The lowest BCUT2D eigenvalue weighted by atomic mass is 10.1. The molecule has 4 saturated heterocycles. The van der Waals surface area contributed by atoms with E-state index in [9.17, 15) is 101 Å². The number of nitrogen functional groups attached to an aromatic ring is 4. The summed E-state index contributed by atoms with van der Waals surface area (Å²) >= 11 is 0. The van der Waals surface area contributed by atoms with E-state index in [1.54, 1.807) is 19.0 Å². The molecule has 0 saturated carbocycles. The van der Waals surface area contributed by atoms with Crippen LogP contribution in [0.1, 0.15) is 67.1 Å². The fourth-order valence-electron chi connectivity index (χ4n) is 13.3. The van der Waals surface area contributed by atoms with Gasteiger partial charge in [0.2, 0.25) is 25.6 Å². The van der Waals surface area contributed by atoms with Crippen LogP contribution in [0.2, 0.25) is 0 Å². The first-order valence-corrected chi connectivity index (χ1v) is 46.9. The number of ether oxygens (including phenoxy) is 8. The molecule has 10 unspecified atom stereocenters. The zero-order valence-electron chi connectivity index (χ0n) is 69.9. The summed E-state index contributed by atoms with van der Waals surface area (Å²) in [4.78, 5) is 171. The number of H-pyrrole nitrogens is 5. The maximum absolute atomic E-state index is 12.5. The number of quaternary nitrogens is 1. The van der Waals surface area contributed by atoms with Gasteiger partial charge in [-0.2, -0.15) is 24.5 Å². The van der Waals surface area contributed by atoms with Crippen molar-refractivity contribution in [3.05, 3.63) is 79.1 Å². The fourth-order valence-corrected chi connectivity index (χ4v) is 19.1. The van der Waals surface area contributed by atoms with Crippen LogP contribution in [-0.4, -0.2) is 269 Å². The highest BCUT2D eigenvalue weighted by Gasteiger charge is 2.54. The lowest BCUT2D eigenvalue weighted by Gasteiger charge is -2.35. The van der Waals surface area contributed by atoms with Crippen LogP contribution < -0.4 is 109 Å². The van der Waals surface area contributed by atoms with E-state index in [4.69, 9.17) is 65.4 Å². The minimum atomic E-state index is -6.33. The van der Waals surface area contributed by atoms with Gasteiger partial charge in [0.05, 0.1) is 73.2 Å². The molecule has 8 aromatic heterocycles. The van der Waals surface area contributed by atoms with Gasteiger partial charge in [-0.15, -0.1) is 4.57 Å². The minimum absolute atomic E-state index is 0.00660. The molecule has 0 aliphatic carbocycles. The molecule has 127 heavy (non-hydrogen) atoms. The molecule has 5 aliphatic heterocycles. The van der Waals surface area contributed by atoms with Crippen LogP contribution >= 0.6 is 46.9 Å². The number of nitrogens with one attached hydrogen (secondary N) is 7. The van der Waals surface area contributed by atoms with Gasteiger partial charge in [0.1, 0.15) is 86.2 Å². The highest BCUT2D eigenvalue weighted by molar-refractivity contribution is 7.65. The third kappa shape index (κ3) is 25.7. The summed E-state index contributed by atoms with van der Waals surface area (Å²) < 4.78 is 151. The van der Waals surface area contributed by atoms with Gasteiger partial charge in [0.15, 0.2) is 52.9 Å². The van der Waals surface area contributed by atoms with Crippen LogP contribution in [0.5, 0.6) is 0 Å². The number of aryl methyl sites for hydroxylation is 1. The van der Waals surface area contributed by atoms with E-state index in [2.05, 4.69) is 121 Å². The van der Waals surface area contributed by atoms with Crippen molar-refractivity contribution in [1.82, 2.24) is 73.2 Å². The molecule has 0 radical (unpaired) electrons. The average molecular weight is 1930 g/mol. The first-order valence-electron chi connectivity index (χ1n) is 38.1. The number of hydrogen-bond donors (Lipinski definition) is 14. The molecule has 19 N–H and O–H groups in total. The minimum Gasteiger partial charge on any atom is -0.790 e. The molecule has 8 aromatic rings. The molecule has 13 rings (SSSR count). The Morgan fingerprint density at radius 1 is 0.559 bits per heavy atom. The first kappa shape index (κ1) is 105. The van der Waals surface area contributed by atoms with Crippen molar-refractivity contribution >= 4 is 116 Å². The van der Waals surface area contributed by atoms with Gasteiger partial charge in [-0.05, 0) is 33.9 Å². The summed E-state index contributed by atoms with van der Waals surface area (Å²) in [5.74, 6) is -0.615. The van der Waals surface area contributed by atoms with E-state index >= 15 is 0 Å². The molecule has 60 nitrogen and oxygen atoms in total. The summed E-state index contributed by atoms with van der Waals surface area (Å²) in [7, 11) is -26.0. The molecule has 4 fully saturated rings. The van der Waals surface area contributed by atoms with E-state index in [1.807, 2.05) is 13.8 Å². The number of imidazole rings is 4. The third-order valence-electron chi connectivity index (χ3n) is 19.1. The van der Waals surface area contributed by atoms with E-state index < -0.39 is 194 Å². The van der Waals surface area contributed by atoms with Crippen molar-refractivity contribution in [2.24, 2.45) is 7.05 Å². The zero-order chi connectivity index (χ0) is 94.5. The second kappa shape index (κ2) is 44.4. The normalized spacial score (nSPS) is 26.3. The van der Waals surface area contributed by atoms with Crippen molar-refractivity contribution < 1.29 is 165 Å². The number of aromatic nitrogens is 16. The van der Waals surface area contributed by atoms with Gasteiger partial charge >= 0.3 is 29.0 Å². The quantitative estimate of drug-likeness (QED) is 0.0138. The maximum atomic E-state index is 12.5. The summed E-state index contributed by atoms with van der Waals surface area (Å²) in [5.41, 5.74) is 20.6. The first-order chi connectivity index (χ1) is 59.6. The lowest BCUT2D eigenvalue weighted by molar-refractivity contribution is -0.894. The van der Waals surface area contributed by atoms with Gasteiger partial charge in [-0.25, -0.2) is 23.6 Å². The zero-order valence-corrected chi connectivity index (χ0v) is 75.3. The highest BCUT2D eigenvalue weighted by atomic mass is 31.3. The van der Waals surface area contributed by atoms with Gasteiger partial charge < -0.3 is 158 Å². The van der Waals surface area contributed by atoms with Crippen molar-refractivity contribution in [2.45, 2.75) is 147 Å². The van der Waals surface area contributed by atoms with Crippen LogP contribution in [0.4, 0.5) is 35.3 Å². The maximum Gasteiger partial charge on any atom is 0.405 e. The number of aliphatic hydroxyl groups excluding tert-OH is 4. The van der Waals surface area contributed by atoms with Crippen LogP contribution in [-0.2, 0) is 103 Å². The van der Waals surface area contributed by atoms with Crippen molar-refractivity contribution in [1.29, 1.82) is 0 Å². The topological polar surface area (TPSA) is 857 Å². The molecular weight excluding hydrogens is 1830 g/mol. The van der Waals surface area contributed by atoms with Crippen molar-refractivity contribution in [2.75, 3.05) is 134 Å². The Kier molecular flexibility index (Phi) is 36.6. The van der Waals surface area contributed by atoms with Gasteiger partial charge in [-0.3, -0.25) is 79.7 Å². The van der Waals surface area contributed by atoms with Crippen LogP contribution in [0.25, 0.3) is 33.5 Å². The molecule has 13 heterocycles. The number of fused-ring (bicyclic) bond motifs is 4. The Morgan fingerprint density at radius 2 is 0.976 bits per heavy atom. The van der Waals surface area contributed by atoms with Gasteiger partial charge in [0.25, 0.3) is 54.2 Å². The molecule has 714 valence electrons. The van der Waals surface area contributed by atoms with E-state index in [-0.39, 0.29) is 75.5 Å². The monoisotopic (exact) mass is 1930 g/mol. The Labute approximate surface area is 718 Å². The molecule has 66 heteroatoms. The van der Waals surface area contributed by atoms with Crippen molar-refractivity contribution in [3.63, 3.8) is 0 Å². The smallest absolute Gasteiger partial charge is 0.405 e. The molecular formula is C61H100N24O36P6-4. The number of hydrogen-bond acceptors (Lipinski definition) is 49. The standard InChI is InChI=1S/C23H35N10O18P3.C14H18N7O7P.C12H19N5O11P2.C6H15N.C4H11N.C2H6/c1-31-7-33(17-11(31)19(37)30-23(25)28-17)21-15(45-3)13(35)9(49-21)5-47-53(40,41)51-54(42,43)50-52(38,39)46-4-8-12(34)14(44-2)20(48-8)32-6-26-10-16(32)27-22(24)29-18(10)36;1-26-10-9(22)7(4-27-29(24,25)20-3-2-16-5-20)28-13(10)21-6-17-8-11(21)18-14(15)19-12(8)23;1-16-4-17(9-6(16)10(19)15-12(13)14-9)11-8(25-2)7(18)5(27-11)3-26-30(23,24)28-29(20,21)22;1-4-7(5-2)6-3;1-3-5-4-2;1-2/h6,8-9,12-15,20-21,34-35H,4-5,7H2,1-3H3,(H,38,39)(H,40,41)(H,42,43)(H3,24,27,29,36)(H3,25,28,30,37);2-3,5-7,9-10,13,22H,4H2,1H3,(H,24,25)(H3,15,18,19,23);4-5,7-8,11,18H,3H2,1-2H3,(H5-,13,14,15,19,20,21,22,23,24);4-6H2,1-3H3;5H,3-4H2,1-2H3;1-2H3/p-4/t8-,9-,12+,13?,14?,15?,20-,21-;7-,9+,10?,13-;5-,7+,8?,11-;;;/m111.../s1. The Balaban J connectivity index is 0.000000232. The Bertz CT molecular complexity index is 5540. The number of nitrogens with zero attached hydrogens (tertiary/aromatic N) is 13. The summed E-state index contributed by atoms with van der Waals surface area (Å²) in [6, 6.07) is 0. The molecule has 0 amide bonds. The fraction of sp³-hybridized carbons (Fsp3) is 0.639. The second-order valence-electron chi connectivity index (χ2n) is 27.2. The predicted molar refractivity (Wildman–Crippen MR) is 421 cm³/mol. The van der Waals surface area contributed by atoms with E-state index in [1.165, 1.54) is 101 Å². The molecule has 0 spiro atoms. The van der Waals surface area contributed by atoms with Crippen LogP contribution in [0, 0.1) is 0 Å². The van der Waals surface area contributed by atoms with E-state index in [0.717, 1.165) is 30.1 Å². The number of methoxy groups -OCH3 is 4. The SMILES string of the molecule is CC.CCNCC.CC[NH+](CC)CC.COC1C(O)[C@@H](COP(=O)([O-])OP(=O)([O-])OP(=O)([O-])OC[C@H]2O[C@@H](n3cnc4c(=O)[nH]c(N)nc43)C(OC)[C@H]2O)O[C@H]1N1CN(C)c2c1nc(N)[nH]c2=O.COC1[C@@H](O)[C@@H](COP(=O)([O-])OP(=O)([O-])[O-])O[C@H]1[n+]1cn(C)c2c(=O)[nH]c(N)[nH+]c21.COC1[C@@H](O)[C@@H](COP(=O)([O-])n2ccnc2)O[C@H]1n1cnc2c(=O)[nH]c(N)nc21. The van der Waals surface area contributed by atoms with Gasteiger partial charge in [-0.1, -0.05) is 27.7 Å². The molecule has 0 aromatic carbocycles. The predicted octanol–water partition coefficient (Wildman–Crippen LogP) is -9.94. The average Bonchev–Trinajstić information content (AvgIpc) is 1.61. The third-order valence-corrected chi connectivity index (χ3v) is 26.6. The number of nitrogens with two attached hydrogens (primary N) is 4. The number of anilines is 6. The van der Waals surface area contributed by atoms with Crippen LogP contribution in [0.15, 0.2) is 56.9 Å². The van der Waals surface area contributed by atoms with Gasteiger partial charge in [0, 0.05) is 47.9 Å². The molecule has 5 aliphatic rings. The number of rotatable bonds is 32. The van der Waals surface area contributed by atoms with E-state index in [0.29, 0.717) is 0 Å².